The third kappa shape index (κ3) is 5.08. The van der Waals surface area contributed by atoms with E-state index in [-0.39, 0.29) is 18.4 Å². The number of amides is 1. The summed E-state index contributed by atoms with van der Waals surface area (Å²) in [4.78, 5) is 11.1. The second-order valence-corrected chi connectivity index (χ2v) is 7.12. The van der Waals surface area contributed by atoms with Crippen LogP contribution in [0.5, 0.6) is 0 Å². The van der Waals surface area contributed by atoms with Gasteiger partial charge in [0.05, 0.1) is 4.90 Å². The van der Waals surface area contributed by atoms with Crippen LogP contribution in [0.1, 0.15) is 32.8 Å². The smallest absolute Gasteiger partial charge is 0.243 e. The van der Waals surface area contributed by atoms with E-state index in [0.717, 1.165) is 5.56 Å². The fourth-order valence-electron chi connectivity index (χ4n) is 2.16. The Kier molecular flexibility index (Phi) is 6.99. The van der Waals surface area contributed by atoms with E-state index < -0.39 is 10.0 Å². The molecule has 0 heterocycles. The number of benzene rings is 1. The normalized spacial score (nSPS) is 13.3. The molecule has 0 bridgehead atoms. The molecule has 1 aromatic carbocycles. The van der Waals surface area contributed by atoms with Gasteiger partial charge in [0.1, 0.15) is 0 Å². The van der Waals surface area contributed by atoms with Gasteiger partial charge in [-0.2, -0.15) is 4.31 Å². The molecule has 0 aliphatic rings. The summed E-state index contributed by atoms with van der Waals surface area (Å²) in [6, 6.07) is 6.77. The molecule has 7 heteroatoms. The topological polar surface area (TPSA) is 92.5 Å². The molecular weight excluding hydrogens is 302 g/mol. The number of carbonyl (C=O) groups excluding carboxylic acids is 1. The predicted octanol–water partition coefficient (Wildman–Crippen LogP) is 1.07. The Balaban J connectivity index is 2.73. The third-order valence-corrected chi connectivity index (χ3v) is 5.49. The number of hydrogen-bond acceptors (Lipinski definition) is 4. The Bertz CT molecular complexity index is 581. The third-order valence-electron chi connectivity index (χ3n) is 3.43. The first-order valence-electron chi connectivity index (χ1n) is 7.42. The van der Waals surface area contributed by atoms with Crippen LogP contribution in [0.25, 0.3) is 0 Å². The molecule has 1 unspecified atom stereocenters. The van der Waals surface area contributed by atoms with Gasteiger partial charge in [-0.05, 0) is 24.6 Å². The molecule has 0 radical (unpaired) electrons. The maximum atomic E-state index is 12.4. The molecule has 22 heavy (non-hydrogen) atoms. The van der Waals surface area contributed by atoms with Gasteiger partial charge in [0.25, 0.3) is 0 Å². The van der Waals surface area contributed by atoms with Crippen molar-refractivity contribution in [2.75, 3.05) is 13.1 Å². The summed E-state index contributed by atoms with van der Waals surface area (Å²) >= 11 is 0. The van der Waals surface area contributed by atoms with Gasteiger partial charge >= 0.3 is 0 Å². The van der Waals surface area contributed by atoms with Gasteiger partial charge in [-0.1, -0.05) is 26.0 Å². The lowest BCUT2D eigenvalue weighted by Gasteiger charge is -2.18. The van der Waals surface area contributed by atoms with Crippen LogP contribution in [0.4, 0.5) is 0 Å². The summed E-state index contributed by atoms with van der Waals surface area (Å²) in [5.74, 6) is -0.347. The van der Waals surface area contributed by atoms with E-state index in [1.165, 1.54) is 4.31 Å². The van der Waals surface area contributed by atoms with Crippen LogP contribution in [0.15, 0.2) is 29.2 Å². The number of rotatable bonds is 9. The molecule has 124 valence electrons. The minimum Gasteiger partial charge on any atom is -0.370 e. The lowest BCUT2D eigenvalue weighted by atomic mass is 10.2. The minimum absolute atomic E-state index is 0.0171. The van der Waals surface area contributed by atoms with Crippen LogP contribution in [-0.4, -0.2) is 37.8 Å². The van der Waals surface area contributed by atoms with Crippen LogP contribution < -0.4 is 11.1 Å². The van der Waals surface area contributed by atoms with Crippen molar-refractivity contribution in [3.05, 3.63) is 29.8 Å². The average molecular weight is 327 g/mol. The van der Waals surface area contributed by atoms with Crippen molar-refractivity contribution in [2.45, 2.75) is 44.7 Å². The molecule has 0 aromatic heterocycles. The van der Waals surface area contributed by atoms with Gasteiger partial charge in [-0.25, -0.2) is 8.42 Å². The zero-order chi connectivity index (χ0) is 16.8. The summed E-state index contributed by atoms with van der Waals surface area (Å²) in [7, 11) is -3.41. The molecule has 0 spiro atoms. The van der Waals surface area contributed by atoms with Crippen LogP contribution >= 0.6 is 0 Å². The van der Waals surface area contributed by atoms with Gasteiger partial charge < -0.3 is 11.1 Å². The van der Waals surface area contributed by atoms with E-state index in [9.17, 15) is 13.2 Å². The molecule has 0 saturated carbocycles. The van der Waals surface area contributed by atoms with Crippen molar-refractivity contribution < 1.29 is 13.2 Å². The zero-order valence-electron chi connectivity index (χ0n) is 13.4. The maximum absolute atomic E-state index is 12.4. The van der Waals surface area contributed by atoms with E-state index in [2.05, 4.69) is 5.32 Å². The highest BCUT2D eigenvalue weighted by Crippen LogP contribution is 2.16. The summed E-state index contributed by atoms with van der Waals surface area (Å²) in [6.07, 6.45) is 0.272. The van der Waals surface area contributed by atoms with Crippen molar-refractivity contribution in [3.63, 3.8) is 0 Å². The largest absolute Gasteiger partial charge is 0.370 e. The second-order valence-electron chi connectivity index (χ2n) is 5.19. The summed E-state index contributed by atoms with van der Waals surface area (Å²) in [5, 5.41) is 3.17. The number of nitrogens with two attached hydrogens (primary N) is 1. The first-order valence-corrected chi connectivity index (χ1v) is 8.86. The predicted molar refractivity (Wildman–Crippen MR) is 86.7 cm³/mol. The number of hydrogen-bond donors (Lipinski definition) is 2. The molecule has 1 amide bonds. The molecular formula is C15H25N3O3S. The summed E-state index contributed by atoms with van der Waals surface area (Å²) in [6.45, 7) is 6.97. The SMILES string of the molecule is CCN(CC)S(=O)(=O)c1ccc(CNC(C)CC(N)=O)cc1. The van der Waals surface area contributed by atoms with Gasteiger partial charge in [0.15, 0.2) is 0 Å². The molecule has 1 atom stereocenters. The van der Waals surface area contributed by atoms with E-state index in [1.54, 1.807) is 24.3 Å². The van der Waals surface area contributed by atoms with Crippen molar-refractivity contribution >= 4 is 15.9 Å². The monoisotopic (exact) mass is 327 g/mol. The van der Waals surface area contributed by atoms with Gasteiger partial charge in [-0.15, -0.1) is 0 Å². The molecule has 0 saturated heterocycles. The molecule has 1 aromatic rings. The van der Waals surface area contributed by atoms with Crippen LogP contribution in [0.3, 0.4) is 0 Å². The van der Waals surface area contributed by atoms with Crippen LogP contribution in [0.2, 0.25) is 0 Å². The van der Waals surface area contributed by atoms with Crippen molar-refractivity contribution in [3.8, 4) is 0 Å². The highest BCUT2D eigenvalue weighted by molar-refractivity contribution is 7.89. The molecule has 3 N–H and O–H groups in total. The summed E-state index contributed by atoms with van der Waals surface area (Å²) < 4.78 is 26.1. The average Bonchev–Trinajstić information content (AvgIpc) is 2.46. The Morgan fingerprint density at radius 2 is 1.77 bits per heavy atom. The fraction of sp³-hybridized carbons (Fsp3) is 0.533. The maximum Gasteiger partial charge on any atom is 0.243 e. The number of nitrogens with one attached hydrogen (secondary N) is 1. The second kappa shape index (κ2) is 8.26. The molecule has 0 fully saturated rings. The van der Waals surface area contributed by atoms with E-state index in [4.69, 9.17) is 5.73 Å². The van der Waals surface area contributed by atoms with E-state index in [0.29, 0.717) is 24.5 Å². The van der Waals surface area contributed by atoms with E-state index in [1.807, 2.05) is 20.8 Å². The number of nitrogens with zero attached hydrogens (tertiary/aromatic N) is 1. The quantitative estimate of drug-likeness (QED) is 0.709. The lowest BCUT2D eigenvalue weighted by Crippen LogP contribution is -2.31. The minimum atomic E-state index is -3.41. The van der Waals surface area contributed by atoms with E-state index >= 15 is 0 Å². The number of sulfonamides is 1. The standard InChI is InChI=1S/C15H25N3O3S/c1-4-18(5-2)22(20,21)14-8-6-13(7-9-14)11-17-12(3)10-15(16)19/h6-9,12,17H,4-5,10-11H2,1-3H3,(H2,16,19). The Morgan fingerprint density at radius 1 is 1.23 bits per heavy atom. The lowest BCUT2D eigenvalue weighted by molar-refractivity contribution is -0.118. The fourth-order valence-corrected chi connectivity index (χ4v) is 3.62. The van der Waals surface area contributed by atoms with Crippen LogP contribution in [-0.2, 0) is 21.4 Å². The molecule has 6 nitrogen and oxygen atoms in total. The first kappa shape index (κ1) is 18.6. The van der Waals surface area contributed by atoms with Gasteiger partial charge in [0.2, 0.25) is 15.9 Å². The van der Waals surface area contributed by atoms with Crippen LogP contribution in [0, 0.1) is 0 Å². The van der Waals surface area contributed by atoms with Gasteiger partial charge in [-0.3, -0.25) is 4.79 Å². The molecule has 0 aliphatic carbocycles. The molecule has 1 rings (SSSR count). The van der Waals surface area contributed by atoms with Gasteiger partial charge in [0, 0.05) is 32.1 Å². The number of carbonyl (C=O) groups is 1. The number of primary amides is 1. The Labute approximate surface area is 132 Å². The highest BCUT2D eigenvalue weighted by atomic mass is 32.2. The van der Waals surface area contributed by atoms with Crippen molar-refractivity contribution in [1.29, 1.82) is 0 Å². The Hall–Kier alpha value is -1.44. The Morgan fingerprint density at radius 3 is 2.23 bits per heavy atom. The highest BCUT2D eigenvalue weighted by Gasteiger charge is 2.21. The first-order chi connectivity index (χ1) is 10.3. The zero-order valence-corrected chi connectivity index (χ0v) is 14.2. The van der Waals surface area contributed by atoms with Crippen molar-refractivity contribution in [2.24, 2.45) is 5.73 Å². The summed E-state index contributed by atoms with van der Waals surface area (Å²) in [5.41, 5.74) is 6.09. The van der Waals surface area contributed by atoms with Crippen molar-refractivity contribution in [1.82, 2.24) is 9.62 Å². The molecule has 0 aliphatic heterocycles.